The molecule has 3 heterocycles. The van der Waals surface area contributed by atoms with Crippen molar-refractivity contribution in [2.75, 3.05) is 12.3 Å². The number of amides is 1. The number of pyridine rings is 1. The number of aryl methyl sites for hydroxylation is 1. The van der Waals surface area contributed by atoms with E-state index in [0.29, 0.717) is 17.8 Å². The molecule has 3 aromatic rings. The second-order valence-electron chi connectivity index (χ2n) is 7.41. The molecule has 8 heteroatoms. The fourth-order valence-electron chi connectivity index (χ4n) is 3.86. The molecule has 0 aliphatic carbocycles. The molecule has 1 fully saturated rings. The number of carbonyl (C=O) groups is 1. The average Bonchev–Trinajstić information content (AvgIpc) is 2.76. The molecule has 30 heavy (non-hydrogen) atoms. The first-order valence-electron chi connectivity index (χ1n) is 9.80. The predicted molar refractivity (Wildman–Crippen MR) is 111 cm³/mol. The van der Waals surface area contributed by atoms with Crippen LogP contribution < -0.4 is 11.3 Å². The van der Waals surface area contributed by atoms with E-state index < -0.39 is 0 Å². The van der Waals surface area contributed by atoms with Crippen LogP contribution in [0.1, 0.15) is 41.4 Å². The summed E-state index contributed by atoms with van der Waals surface area (Å²) in [6.07, 6.45) is 5.71. The molecular weight excluding hydrogens is 385 g/mol. The number of carbonyl (C=O) groups excluding carboxylic acids is 1. The number of nitrogens with two attached hydrogens (primary N) is 1. The number of hydrogen-bond acceptors (Lipinski definition) is 5. The van der Waals surface area contributed by atoms with Crippen molar-refractivity contribution in [3.8, 4) is 11.1 Å². The Morgan fingerprint density at radius 2 is 1.93 bits per heavy atom. The minimum atomic E-state index is -0.333. The van der Waals surface area contributed by atoms with Gasteiger partial charge in [-0.15, -0.1) is 0 Å². The molecule has 1 atom stereocenters. The standard InChI is InChI=1S/C22H22FN5O2/c1-27-13-15(7-10-19(27)29)21(30)28-11-3-2-4-18(28)20-17(12-25-22(24)26-20)14-5-8-16(23)9-6-14/h5-10,12-13,18H,2-4,11H2,1H3,(H2,24,25,26)/t18-/m1/s1. The summed E-state index contributed by atoms with van der Waals surface area (Å²) >= 11 is 0. The topological polar surface area (TPSA) is 94.1 Å². The SMILES string of the molecule is Cn1cc(C(=O)N2CCCC[C@@H]2c2nc(N)ncc2-c2ccc(F)cc2)ccc1=O. The Kier molecular flexibility index (Phi) is 5.31. The van der Waals surface area contributed by atoms with Gasteiger partial charge in [-0.25, -0.2) is 14.4 Å². The zero-order valence-electron chi connectivity index (χ0n) is 16.6. The first-order chi connectivity index (χ1) is 14.4. The number of likely N-dealkylation sites (tertiary alicyclic amines) is 1. The van der Waals surface area contributed by atoms with E-state index in [0.717, 1.165) is 30.4 Å². The highest BCUT2D eigenvalue weighted by Gasteiger charge is 2.32. The van der Waals surface area contributed by atoms with Gasteiger partial charge in [0.15, 0.2) is 0 Å². The van der Waals surface area contributed by atoms with Crippen molar-refractivity contribution >= 4 is 11.9 Å². The number of rotatable bonds is 3. The number of benzene rings is 1. The van der Waals surface area contributed by atoms with Gasteiger partial charge in [0.25, 0.3) is 5.91 Å². The molecule has 2 N–H and O–H groups in total. The number of halogens is 1. The summed E-state index contributed by atoms with van der Waals surface area (Å²) in [7, 11) is 1.62. The van der Waals surface area contributed by atoms with E-state index in [1.807, 2.05) is 0 Å². The lowest BCUT2D eigenvalue weighted by molar-refractivity contribution is 0.0606. The molecule has 0 spiro atoms. The van der Waals surface area contributed by atoms with Crippen LogP contribution in [0.2, 0.25) is 0 Å². The maximum absolute atomic E-state index is 13.4. The Morgan fingerprint density at radius 1 is 1.17 bits per heavy atom. The van der Waals surface area contributed by atoms with E-state index in [1.165, 1.54) is 22.8 Å². The van der Waals surface area contributed by atoms with E-state index in [2.05, 4.69) is 9.97 Å². The number of nitrogen functional groups attached to an aromatic ring is 1. The summed E-state index contributed by atoms with van der Waals surface area (Å²) in [6, 6.07) is 8.72. The summed E-state index contributed by atoms with van der Waals surface area (Å²) in [5.74, 6) is -0.380. The van der Waals surface area contributed by atoms with Crippen LogP contribution in [0.15, 0.2) is 53.6 Å². The quantitative estimate of drug-likeness (QED) is 0.720. The maximum Gasteiger partial charge on any atom is 0.255 e. The summed E-state index contributed by atoms with van der Waals surface area (Å²) in [5, 5.41) is 0. The number of aromatic nitrogens is 3. The van der Waals surface area contributed by atoms with E-state index in [9.17, 15) is 14.0 Å². The molecule has 7 nitrogen and oxygen atoms in total. The van der Waals surface area contributed by atoms with Crippen molar-refractivity contribution in [2.24, 2.45) is 7.05 Å². The smallest absolute Gasteiger partial charge is 0.255 e. The molecular formula is C22H22FN5O2. The Balaban J connectivity index is 1.76. The monoisotopic (exact) mass is 407 g/mol. The van der Waals surface area contributed by atoms with E-state index in [-0.39, 0.29) is 29.3 Å². The van der Waals surface area contributed by atoms with Crippen molar-refractivity contribution in [1.29, 1.82) is 0 Å². The van der Waals surface area contributed by atoms with Crippen molar-refractivity contribution in [3.05, 3.63) is 76.2 Å². The molecule has 0 radical (unpaired) electrons. The van der Waals surface area contributed by atoms with Gasteiger partial charge in [0.1, 0.15) is 5.82 Å². The van der Waals surface area contributed by atoms with Gasteiger partial charge in [0, 0.05) is 37.6 Å². The third kappa shape index (κ3) is 3.80. The Hall–Kier alpha value is -3.55. The van der Waals surface area contributed by atoms with Gasteiger partial charge in [-0.2, -0.15) is 0 Å². The minimum absolute atomic E-state index is 0.121. The third-order valence-electron chi connectivity index (χ3n) is 5.40. The Labute approximate surface area is 173 Å². The zero-order chi connectivity index (χ0) is 21.3. The number of piperidine rings is 1. The zero-order valence-corrected chi connectivity index (χ0v) is 16.6. The van der Waals surface area contributed by atoms with E-state index in [4.69, 9.17) is 5.73 Å². The number of nitrogens with zero attached hydrogens (tertiary/aromatic N) is 4. The summed E-state index contributed by atoms with van der Waals surface area (Å²) in [6.45, 7) is 0.569. The lowest BCUT2D eigenvalue weighted by atomic mass is 9.93. The molecule has 1 amide bonds. The largest absolute Gasteiger partial charge is 0.368 e. The fourth-order valence-corrected chi connectivity index (χ4v) is 3.86. The minimum Gasteiger partial charge on any atom is -0.368 e. The third-order valence-corrected chi connectivity index (χ3v) is 5.40. The predicted octanol–water partition coefficient (Wildman–Crippen LogP) is 2.93. The van der Waals surface area contributed by atoms with E-state index >= 15 is 0 Å². The molecule has 1 aliphatic heterocycles. The molecule has 1 saturated heterocycles. The maximum atomic E-state index is 13.4. The van der Waals surface area contributed by atoms with Gasteiger partial charge >= 0.3 is 0 Å². The molecule has 1 aromatic carbocycles. The van der Waals surface area contributed by atoms with Gasteiger partial charge in [0.2, 0.25) is 11.5 Å². The van der Waals surface area contributed by atoms with E-state index in [1.54, 1.807) is 42.5 Å². The van der Waals surface area contributed by atoms with Crippen LogP contribution in [0.3, 0.4) is 0 Å². The lowest BCUT2D eigenvalue weighted by Crippen LogP contribution is -2.39. The van der Waals surface area contributed by atoms with Crippen molar-refractivity contribution in [2.45, 2.75) is 25.3 Å². The van der Waals surface area contributed by atoms with Crippen LogP contribution in [-0.4, -0.2) is 31.9 Å². The Bertz CT molecular complexity index is 1140. The molecule has 154 valence electrons. The summed E-state index contributed by atoms with van der Waals surface area (Å²) in [5.41, 5.74) is 8.26. The number of hydrogen-bond donors (Lipinski definition) is 1. The normalized spacial score (nSPS) is 16.5. The van der Waals surface area contributed by atoms with Crippen molar-refractivity contribution in [3.63, 3.8) is 0 Å². The molecule has 0 saturated carbocycles. The molecule has 2 aromatic heterocycles. The van der Waals surface area contributed by atoms with Crippen LogP contribution in [0.25, 0.3) is 11.1 Å². The van der Waals surface area contributed by atoms with Crippen LogP contribution in [0.5, 0.6) is 0 Å². The molecule has 0 bridgehead atoms. The van der Waals surface area contributed by atoms with Crippen LogP contribution in [-0.2, 0) is 7.05 Å². The Morgan fingerprint density at radius 3 is 2.67 bits per heavy atom. The first-order valence-corrected chi connectivity index (χ1v) is 9.80. The highest BCUT2D eigenvalue weighted by molar-refractivity contribution is 5.94. The van der Waals surface area contributed by atoms with Crippen LogP contribution in [0, 0.1) is 5.82 Å². The average molecular weight is 407 g/mol. The van der Waals surface area contributed by atoms with Crippen LogP contribution >= 0.6 is 0 Å². The summed E-state index contributed by atoms with van der Waals surface area (Å²) in [4.78, 5) is 35.4. The molecule has 4 rings (SSSR count). The highest BCUT2D eigenvalue weighted by Crippen LogP contribution is 2.36. The van der Waals surface area contributed by atoms with Crippen LogP contribution in [0.4, 0.5) is 10.3 Å². The van der Waals surface area contributed by atoms with Gasteiger partial charge in [-0.3, -0.25) is 9.59 Å². The second-order valence-corrected chi connectivity index (χ2v) is 7.41. The highest BCUT2D eigenvalue weighted by atomic mass is 19.1. The van der Waals surface area contributed by atoms with Crippen molar-refractivity contribution in [1.82, 2.24) is 19.4 Å². The van der Waals surface area contributed by atoms with Gasteiger partial charge < -0.3 is 15.2 Å². The second kappa shape index (κ2) is 8.06. The summed E-state index contributed by atoms with van der Waals surface area (Å²) < 4.78 is 14.8. The van der Waals surface area contributed by atoms with Gasteiger partial charge in [-0.1, -0.05) is 12.1 Å². The lowest BCUT2D eigenvalue weighted by Gasteiger charge is -2.36. The first kappa shape index (κ1) is 19.8. The molecule has 0 unspecified atom stereocenters. The molecule has 1 aliphatic rings. The fraction of sp³-hybridized carbons (Fsp3) is 0.273. The van der Waals surface area contributed by atoms with Gasteiger partial charge in [0.05, 0.1) is 17.3 Å². The van der Waals surface area contributed by atoms with Gasteiger partial charge in [-0.05, 0) is 43.0 Å². The van der Waals surface area contributed by atoms with Crippen molar-refractivity contribution < 1.29 is 9.18 Å². The number of anilines is 1.